The van der Waals surface area contributed by atoms with Gasteiger partial charge < -0.3 is 10.5 Å². The van der Waals surface area contributed by atoms with Gasteiger partial charge in [-0.05, 0) is 23.6 Å². The fourth-order valence-corrected chi connectivity index (χ4v) is 1.64. The van der Waals surface area contributed by atoms with Crippen LogP contribution in [0.5, 0.6) is 5.75 Å². The summed E-state index contributed by atoms with van der Waals surface area (Å²) in [6.45, 7) is 0. The summed E-state index contributed by atoms with van der Waals surface area (Å²) in [6.07, 6.45) is 1.82. The summed E-state index contributed by atoms with van der Waals surface area (Å²) in [5.74, 6) is 0.356. The van der Waals surface area contributed by atoms with Gasteiger partial charge in [-0.3, -0.25) is 9.78 Å². The first-order valence-electron chi connectivity index (χ1n) is 4.90. The first-order valence-corrected chi connectivity index (χ1v) is 4.90. The van der Waals surface area contributed by atoms with Gasteiger partial charge in [0.25, 0.3) is 0 Å². The van der Waals surface area contributed by atoms with Crippen LogP contribution in [0.25, 0.3) is 10.8 Å². The van der Waals surface area contributed by atoms with Crippen LogP contribution in [0.2, 0.25) is 0 Å². The topological polar surface area (TPSA) is 65.2 Å². The molecule has 1 aromatic carbocycles. The van der Waals surface area contributed by atoms with Crippen molar-refractivity contribution in [1.29, 1.82) is 0 Å². The second kappa shape index (κ2) is 4.18. The van der Waals surface area contributed by atoms with Crippen LogP contribution in [0.4, 0.5) is 0 Å². The second-order valence-corrected chi connectivity index (χ2v) is 3.49. The third-order valence-corrected chi connectivity index (χ3v) is 2.40. The fraction of sp³-hybridized carbons (Fsp3) is 0.167. The minimum atomic E-state index is -0.386. The number of carbonyl (C=O) groups is 1. The van der Waals surface area contributed by atoms with Crippen molar-refractivity contribution in [2.24, 2.45) is 5.73 Å². The highest BCUT2D eigenvalue weighted by Crippen LogP contribution is 2.22. The Morgan fingerprint density at radius 2 is 2.25 bits per heavy atom. The monoisotopic (exact) mass is 216 g/mol. The Morgan fingerprint density at radius 1 is 1.44 bits per heavy atom. The maximum atomic E-state index is 10.9. The Labute approximate surface area is 93.0 Å². The van der Waals surface area contributed by atoms with Crippen molar-refractivity contribution in [3.63, 3.8) is 0 Å². The van der Waals surface area contributed by atoms with Gasteiger partial charge in [0.1, 0.15) is 5.75 Å². The summed E-state index contributed by atoms with van der Waals surface area (Å²) in [4.78, 5) is 15.1. The molecule has 0 saturated heterocycles. The molecule has 0 radical (unpaired) electrons. The van der Waals surface area contributed by atoms with Crippen LogP contribution in [0.3, 0.4) is 0 Å². The van der Waals surface area contributed by atoms with Crippen molar-refractivity contribution in [3.05, 3.63) is 36.2 Å². The largest absolute Gasteiger partial charge is 0.497 e. The zero-order valence-corrected chi connectivity index (χ0v) is 8.93. The predicted molar refractivity (Wildman–Crippen MR) is 61.2 cm³/mol. The SMILES string of the molecule is COc1ccc2ccnc(CC(N)=O)c2c1. The van der Waals surface area contributed by atoms with E-state index in [-0.39, 0.29) is 12.3 Å². The van der Waals surface area contributed by atoms with Gasteiger partial charge in [0.15, 0.2) is 0 Å². The van der Waals surface area contributed by atoms with Gasteiger partial charge in [-0.25, -0.2) is 0 Å². The number of fused-ring (bicyclic) bond motifs is 1. The van der Waals surface area contributed by atoms with E-state index in [1.165, 1.54) is 0 Å². The zero-order valence-electron chi connectivity index (χ0n) is 8.93. The smallest absolute Gasteiger partial charge is 0.223 e. The minimum absolute atomic E-state index is 0.143. The Kier molecular flexibility index (Phi) is 2.72. The quantitative estimate of drug-likeness (QED) is 0.840. The van der Waals surface area contributed by atoms with Crippen LogP contribution < -0.4 is 10.5 Å². The normalized spacial score (nSPS) is 10.3. The summed E-state index contributed by atoms with van der Waals surface area (Å²) in [7, 11) is 1.60. The molecule has 1 amide bonds. The van der Waals surface area contributed by atoms with Crippen molar-refractivity contribution in [2.45, 2.75) is 6.42 Å². The first-order chi connectivity index (χ1) is 7.70. The molecule has 4 nitrogen and oxygen atoms in total. The van der Waals surface area contributed by atoms with E-state index < -0.39 is 0 Å². The van der Waals surface area contributed by atoms with Crippen molar-refractivity contribution in [1.82, 2.24) is 4.98 Å². The molecule has 0 aliphatic heterocycles. The van der Waals surface area contributed by atoms with Gasteiger partial charge in [-0.1, -0.05) is 6.07 Å². The molecule has 0 saturated carbocycles. The maximum absolute atomic E-state index is 10.9. The number of hydrogen-bond acceptors (Lipinski definition) is 3. The number of carbonyl (C=O) groups excluding carboxylic acids is 1. The number of primary amides is 1. The lowest BCUT2D eigenvalue weighted by Gasteiger charge is -2.05. The molecule has 16 heavy (non-hydrogen) atoms. The zero-order chi connectivity index (χ0) is 11.5. The van der Waals surface area contributed by atoms with Gasteiger partial charge in [-0.15, -0.1) is 0 Å². The number of hydrogen-bond donors (Lipinski definition) is 1. The highest BCUT2D eigenvalue weighted by Gasteiger charge is 2.06. The fourth-order valence-electron chi connectivity index (χ4n) is 1.64. The average molecular weight is 216 g/mol. The number of benzene rings is 1. The molecule has 1 heterocycles. The molecule has 4 heteroatoms. The summed E-state index contributed by atoms with van der Waals surface area (Å²) in [5, 5.41) is 1.92. The molecular weight excluding hydrogens is 204 g/mol. The van der Waals surface area contributed by atoms with Crippen molar-refractivity contribution in [3.8, 4) is 5.75 Å². The van der Waals surface area contributed by atoms with Crippen LogP contribution >= 0.6 is 0 Å². The van der Waals surface area contributed by atoms with Gasteiger partial charge in [0.05, 0.1) is 19.2 Å². The van der Waals surface area contributed by atoms with Crippen molar-refractivity contribution in [2.75, 3.05) is 7.11 Å². The molecule has 1 aromatic heterocycles. The van der Waals surface area contributed by atoms with Crippen LogP contribution in [-0.4, -0.2) is 18.0 Å². The molecule has 2 aromatic rings. The second-order valence-electron chi connectivity index (χ2n) is 3.49. The molecular formula is C12H12N2O2. The van der Waals surface area contributed by atoms with Crippen LogP contribution in [0.15, 0.2) is 30.5 Å². The molecule has 0 atom stereocenters. The number of methoxy groups -OCH3 is 1. The molecule has 0 bridgehead atoms. The molecule has 82 valence electrons. The van der Waals surface area contributed by atoms with E-state index in [1.807, 2.05) is 24.3 Å². The average Bonchev–Trinajstić information content (AvgIpc) is 2.28. The Morgan fingerprint density at radius 3 is 2.94 bits per heavy atom. The number of amides is 1. The number of ether oxygens (including phenoxy) is 1. The van der Waals surface area contributed by atoms with E-state index in [4.69, 9.17) is 10.5 Å². The van der Waals surface area contributed by atoms with Gasteiger partial charge in [-0.2, -0.15) is 0 Å². The van der Waals surface area contributed by atoms with Crippen LogP contribution in [0, 0.1) is 0 Å². The van der Waals surface area contributed by atoms with E-state index in [2.05, 4.69) is 4.98 Å². The van der Waals surface area contributed by atoms with Gasteiger partial charge in [0, 0.05) is 11.6 Å². The van der Waals surface area contributed by atoms with E-state index in [9.17, 15) is 4.79 Å². The molecule has 0 aliphatic carbocycles. The van der Waals surface area contributed by atoms with E-state index in [0.29, 0.717) is 5.69 Å². The van der Waals surface area contributed by atoms with Gasteiger partial charge in [0.2, 0.25) is 5.91 Å². The molecule has 2 N–H and O–H groups in total. The predicted octanol–water partition coefficient (Wildman–Crippen LogP) is 1.27. The summed E-state index contributed by atoms with van der Waals surface area (Å²) in [5.41, 5.74) is 5.86. The maximum Gasteiger partial charge on any atom is 0.223 e. The molecule has 0 aliphatic rings. The summed E-state index contributed by atoms with van der Waals surface area (Å²) in [6, 6.07) is 7.55. The number of nitrogens with zero attached hydrogens (tertiary/aromatic N) is 1. The highest BCUT2D eigenvalue weighted by molar-refractivity contribution is 5.89. The highest BCUT2D eigenvalue weighted by atomic mass is 16.5. The third kappa shape index (κ3) is 1.95. The molecule has 0 spiro atoms. The summed E-state index contributed by atoms with van der Waals surface area (Å²) < 4.78 is 5.14. The number of rotatable bonds is 3. The van der Waals surface area contributed by atoms with E-state index in [0.717, 1.165) is 16.5 Å². The number of aromatic nitrogens is 1. The number of nitrogens with two attached hydrogens (primary N) is 1. The van der Waals surface area contributed by atoms with Crippen molar-refractivity contribution < 1.29 is 9.53 Å². The number of pyridine rings is 1. The molecule has 0 fully saturated rings. The van der Waals surface area contributed by atoms with E-state index in [1.54, 1.807) is 13.3 Å². The molecule has 0 unspecified atom stereocenters. The standard InChI is InChI=1S/C12H12N2O2/c1-16-9-3-2-8-4-5-14-11(7-12(13)15)10(8)6-9/h2-6H,7H2,1H3,(H2,13,15). The Balaban J connectivity index is 2.59. The van der Waals surface area contributed by atoms with Gasteiger partial charge >= 0.3 is 0 Å². The van der Waals surface area contributed by atoms with Crippen LogP contribution in [0.1, 0.15) is 5.69 Å². The summed E-state index contributed by atoms with van der Waals surface area (Å²) >= 11 is 0. The molecule has 2 rings (SSSR count). The lowest BCUT2D eigenvalue weighted by Crippen LogP contribution is -2.14. The third-order valence-electron chi connectivity index (χ3n) is 2.40. The Bertz CT molecular complexity index is 538. The van der Waals surface area contributed by atoms with Crippen LogP contribution in [-0.2, 0) is 11.2 Å². The lowest BCUT2D eigenvalue weighted by atomic mass is 10.1. The first kappa shape index (κ1) is 10.4. The van der Waals surface area contributed by atoms with E-state index >= 15 is 0 Å². The Hall–Kier alpha value is -2.10. The minimum Gasteiger partial charge on any atom is -0.497 e. The van der Waals surface area contributed by atoms with Crippen molar-refractivity contribution >= 4 is 16.7 Å². The lowest BCUT2D eigenvalue weighted by molar-refractivity contribution is -0.117.